The minimum absolute atomic E-state index is 0.0308. The average molecular weight is 419 g/mol. The third-order valence-electron chi connectivity index (χ3n) is 4.59. The monoisotopic (exact) mass is 419 g/mol. The van der Waals surface area contributed by atoms with Gasteiger partial charge in [-0.15, -0.1) is 0 Å². The molecule has 2 amide bonds. The van der Waals surface area contributed by atoms with Crippen LogP contribution in [-0.2, 0) is 17.6 Å². The third kappa shape index (κ3) is 5.75. The number of nitrogens with one attached hydrogen (secondary N) is 1. The zero-order valence-electron chi connectivity index (χ0n) is 16.8. The lowest BCUT2D eigenvalue weighted by Crippen LogP contribution is -2.45. The van der Waals surface area contributed by atoms with Crippen LogP contribution in [0.4, 0.5) is 18.0 Å². The van der Waals surface area contributed by atoms with E-state index in [2.05, 4.69) is 10.5 Å². The quantitative estimate of drug-likeness (QED) is 0.730. The van der Waals surface area contributed by atoms with Crippen LogP contribution < -0.4 is 5.32 Å². The summed E-state index contributed by atoms with van der Waals surface area (Å²) in [7, 11) is 0. The molecule has 0 fully saturated rings. The van der Waals surface area contributed by atoms with E-state index in [0.29, 0.717) is 12.0 Å². The fourth-order valence-electron chi connectivity index (χ4n) is 3.20. The Morgan fingerprint density at radius 1 is 1.20 bits per heavy atom. The first-order chi connectivity index (χ1) is 14.2. The molecule has 0 saturated heterocycles. The van der Waals surface area contributed by atoms with Crippen molar-refractivity contribution >= 4 is 11.7 Å². The van der Waals surface area contributed by atoms with E-state index in [-0.39, 0.29) is 31.3 Å². The summed E-state index contributed by atoms with van der Waals surface area (Å²) in [5.74, 6) is 0. The van der Waals surface area contributed by atoms with E-state index >= 15 is 0 Å². The standard InChI is InChI=1S/C22H24F3N3O2/c1-15(2)26-21(29)28(13-16-7-6-10-18(11-16)22(23,24)25)14-19-12-20(27-30-19)17-8-4-3-5-9-17/h3-11,15,19H,12-14H2,1-2H3,(H,26,29)/t19-/m0/s1. The van der Waals surface area contributed by atoms with Gasteiger partial charge in [0.25, 0.3) is 0 Å². The van der Waals surface area contributed by atoms with E-state index in [0.717, 1.165) is 23.4 Å². The molecule has 5 nitrogen and oxygen atoms in total. The Balaban J connectivity index is 1.72. The zero-order chi connectivity index (χ0) is 21.7. The second-order valence-corrected chi connectivity index (χ2v) is 7.52. The summed E-state index contributed by atoms with van der Waals surface area (Å²) in [5.41, 5.74) is 1.38. The van der Waals surface area contributed by atoms with Crippen LogP contribution >= 0.6 is 0 Å². The summed E-state index contributed by atoms with van der Waals surface area (Å²) in [6.45, 7) is 3.88. The van der Waals surface area contributed by atoms with Crippen molar-refractivity contribution < 1.29 is 22.8 Å². The molecule has 0 saturated carbocycles. The summed E-state index contributed by atoms with van der Waals surface area (Å²) in [6.07, 6.45) is -4.30. The van der Waals surface area contributed by atoms with Crippen LogP contribution in [0.25, 0.3) is 0 Å². The molecule has 2 aromatic carbocycles. The minimum Gasteiger partial charge on any atom is -0.390 e. The number of hydrogen-bond acceptors (Lipinski definition) is 3. The maximum atomic E-state index is 13.0. The highest BCUT2D eigenvalue weighted by Crippen LogP contribution is 2.30. The fraction of sp³-hybridized carbons (Fsp3) is 0.364. The Morgan fingerprint density at radius 3 is 2.60 bits per heavy atom. The molecule has 0 aliphatic carbocycles. The first kappa shape index (κ1) is 21.7. The lowest BCUT2D eigenvalue weighted by atomic mass is 10.0. The minimum atomic E-state index is -4.44. The molecule has 0 bridgehead atoms. The van der Waals surface area contributed by atoms with Crippen LogP contribution in [0.5, 0.6) is 0 Å². The largest absolute Gasteiger partial charge is 0.416 e. The van der Waals surface area contributed by atoms with Gasteiger partial charge in [-0.05, 0) is 37.1 Å². The van der Waals surface area contributed by atoms with Crippen molar-refractivity contribution in [3.63, 3.8) is 0 Å². The molecule has 1 heterocycles. The van der Waals surface area contributed by atoms with Gasteiger partial charge in [0, 0.05) is 19.0 Å². The number of halogens is 3. The van der Waals surface area contributed by atoms with Crippen molar-refractivity contribution in [3.8, 4) is 0 Å². The van der Waals surface area contributed by atoms with E-state index < -0.39 is 11.7 Å². The molecule has 0 aromatic heterocycles. The number of hydrogen-bond donors (Lipinski definition) is 1. The second-order valence-electron chi connectivity index (χ2n) is 7.52. The summed E-state index contributed by atoms with van der Waals surface area (Å²) in [5, 5.41) is 6.92. The highest BCUT2D eigenvalue weighted by Gasteiger charge is 2.31. The smallest absolute Gasteiger partial charge is 0.390 e. The maximum absolute atomic E-state index is 13.0. The summed E-state index contributed by atoms with van der Waals surface area (Å²) >= 11 is 0. The van der Waals surface area contributed by atoms with Gasteiger partial charge in [0.15, 0.2) is 6.10 Å². The van der Waals surface area contributed by atoms with Gasteiger partial charge in [-0.25, -0.2) is 4.79 Å². The first-order valence-electron chi connectivity index (χ1n) is 9.72. The number of oxime groups is 1. The summed E-state index contributed by atoms with van der Waals surface area (Å²) in [4.78, 5) is 19.6. The molecule has 2 aromatic rings. The molecule has 1 aliphatic heterocycles. The Labute approximate surface area is 173 Å². The van der Waals surface area contributed by atoms with Gasteiger partial charge in [0.2, 0.25) is 0 Å². The maximum Gasteiger partial charge on any atom is 0.416 e. The third-order valence-corrected chi connectivity index (χ3v) is 4.59. The number of rotatable bonds is 6. The van der Waals surface area contributed by atoms with Crippen LogP contribution in [0.2, 0.25) is 0 Å². The molecule has 3 rings (SSSR count). The topological polar surface area (TPSA) is 53.9 Å². The number of amides is 2. The molecule has 1 atom stereocenters. The van der Waals surface area contributed by atoms with Crippen molar-refractivity contribution in [3.05, 3.63) is 71.3 Å². The van der Waals surface area contributed by atoms with Crippen molar-refractivity contribution in [2.24, 2.45) is 5.16 Å². The van der Waals surface area contributed by atoms with Crippen LogP contribution in [-0.4, -0.2) is 35.3 Å². The fourth-order valence-corrected chi connectivity index (χ4v) is 3.20. The van der Waals surface area contributed by atoms with Crippen LogP contribution in [0, 0.1) is 0 Å². The number of carbonyl (C=O) groups is 1. The highest BCUT2D eigenvalue weighted by molar-refractivity contribution is 6.01. The van der Waals surface area contributed by atoms with E-state index in [9.17, 15) is 18.0 Å². The average Bonchev–Trinajstić information content (AvgIpc) is 3.16. The Bertz CT molecular complexity index is 898. The van der Waals surface area contributed by atoms with Gasteiger partial charge in [-0.3, -0.25) is 0 Å². The number of nitrogens with zero attached hydrogens (tertiary/aromatic N) is 2. The van der Waals surface area contributed by atoms with Crippen molar-refractivity contribution in [2.75, 3.05) is 6.54 Å². The van der Waals surface area contributed by atoms with E-state index in [1.54, 1.807) is 6.07 Å². The zero-order valence-corrected chi connectivity index (χ0v) is 16.8. The number of benzene rings is 2. The Morgan fingerprint density at radius 2 is 1.93 bits per heavy atom. The highest BCUT2D eigenvalue weighted by atomic mass is 19.4. The van der Waals surface area contributed by atoms with Crippen LogP contribution in [0.1, 0.15) is 37.0 Å². The SMILES string of the molecule is CC(C)NC(=O)N(Cc1cccc(C(F)(F)F)c1)C[C@@H]1CC(c2ccccc2)=NO1. The number of carbonyl (C=O) groups excluding carboxylic acids is 1. The van der Waals surface area contributed by atoms with Gasteiger partial charge < -0.3 is 15.1 Å². The van der Waals surface area contributed by atoms with Crippen LogP contribution in [0.15, 0.2) is 59.8 Å². The Hall–Kier alpha value is -3.03. The molecule has 1 N–H and O–H groups in total. The van der Waals surface area contributed by atoms with Gasteiger partial charge >= 0.3 is 12.2 Å². The van der Waals surface area contributed by atoms with E-state index in [4.69, 9.17) is 4.84 Å². The van der Waals surface area contributed by atoms with E-state index in [1.807, 2.05) is 44.2 Å². The first-order valence-corrected chi connectivity index (χ1v) is 9.72. The number of alkyl halides is 3. The van der Waals surface area contributed by atoms with E-state index in [1.165, 1.54) is 11.0 Å². The molecule has 0 radical (unpaired) electrons. The second kappa shape index (κ2) is 9.19. The number of urea groups is 1. The van der Waals surface area contributed by atoms with Crippen LogP contribution in [0.3, 0.4) is 0 Å². The molecule has 0 unspecified atom stereocenters. The molecule has 1 aliphatic rings. The summed E-state index contributed by atoms with van der Waals surface area (Å²) in [6, 6.07) is 14.1. The normalized spacial score (nSPS) is 16.2. The van der Waals surface area contributed by atoms with Gasteiger partial charge in [-0.2, -0.15) is 13.2 Å². The van der Waals surface area contributed by atoms with Gasteiger partial charge in [0.05, 0.1) is 17.8 Å². The molecular formula is C22H24F3N3O2. The Kier molecular flexibility index (Phi) is 6.64. The molecule has 8 heteroatoms. The lowest BCUT2D eigenvalue weighted by molar-refractivity contribution is -0.137. The van der Waals surface area contributed by atoms with Crippen molar-refractivity contribution in [1.29, 1.82) is 0 Å². The molecular weight excluding hydrogens is 395 g/mol. The van der Waals surface area contributed by atoms with Gasteiger partial charge in [0.1, 0.15) is 0 Å². The summed E-state index contributed by atoms with van der Waals surface area (Å²) < 4.78 is 39.1. The predicted molar refractivity (Wildman–Crippen MR) is 108 cm³/mol. The molecule has 160 valence electrons. The van der Waals surface area contributed by atoms with Crippen molar-refractivity contribution in [2.45, 2.75) is 45.1 Å². The van der Waals surface area contributed by atoms with Gasteiger partial charge in [-0.1, -0.05) is 47.6 Å². The lowest BCUT2D eigenvalue weighted by Gasteiger charge is -2.26. The molecule has 30 heavy (non-hydrogen) atoms. The molecule has 0 spiro atoms. The van der Waals surface area contributed by atoms with Crippen molar-refractivity contribution in [1.82, 2.24) is 10.2 Å². The predicted octanol–water partition coefficient (Wildman–Crippen LogP) is 4.82.